The molecule has 1 heterocycles. The van der Waals surface area contributed by atoms with Crippen molar-refractivity contribution in [1.82, 2.24) is 0 Å². The summed E-state index contributed by atoms with van der Waals surface area (Å²) in [6.45, 7) is 0. The lowest BCUT2D eigenvalue weighted by Crippen LogP contribution is -2.29. The third-order valence-corrected chi connectivity index (χ3v) is 5.65. The number of Topliss-reactive ketones (excluding diaryl/α,β-unsaturated/α-hetero) is 1. The van der Waals surface area contributed by atoms with Crippen LogP contribution in [-0.4, -0.2) is 43.2 Å². The molecule has 2 N–H and O–H groups in total. The summed E-state index contributed by atoms with van der Waals surface area (Å²) < 4.78 is 16.1. The molecule has 1 fully saturated rings. The summed E-state index contributed by atoms with van der Waals surface area (Å²) in [5, 5.41) is 21.2. The van der Waals surface area contributed by atoms with E-state index >= 15 is 0 Å². The van der Waals surface area contributed by atoms with Crippen molar-refractivity contribution in [1.29, 1.82) is 0 Å². The van der Waals surface area contributed by atoms with Crippen LogP contribution in [0.15, 0.2) is 72.3 Å². The Balaban J connectivity index is 2.01. The third-order valence-electron chi connectivity index (χ3n) is 5.65. The number of phenolic OH excluding ortho intramolecular Hbond substituents is 1. The van der Waals surface area contributed by atoms with Crippen molar-refractivity contribution >= 4 is 23.1 Å². The average molecular weight is 461 g/mol. The van der Waals surface area contributed by atoms with E-state index in [1.807, 2.05) is 0 Å². The highest BCUT2D eigenvalue weighted by Crippen LogP contribution is 2.45. The minimum Gasteiger partial charge on any atom is -0.508 e. The number of benzene rings is 3. The lowest BCUT2D eigenvalue weighted by molar-refractivity contribution is -0.132. The third kappa shape index (κ3) is 3.79. The van der Waals surface area contributed by atoms with Crippen molar-refractivity contribution in [2.45, 2.75) is 6.04 Å². The quantitative estimate of drug-likeness (QED) is 0.324. The maximum absolute atomic E-state index is 13.3. The predicted octanol–water partition coefficient (Wildman–Crippen LogP) is 4.04. The van der Waals surface area contributed by atoms with Gasteiger partial charge in [-0.3, -0.25) is 14.5 Å². The Morgan fingerprint density at radius 3 is 2.06 bits per heavy atom. The predicted molar refractivity (Wildman–Crippen MR) is 125 cm³/mol. The Hall–Kier alpha value is -4.46. The molecular formula is C26H23NO7. The lowest BCUT2D eigenvalue weighted by atomic mass is 9.94. The van der Waals surface area contributed by atoms with Crippen LogP contribution < -0.4 is 19.1 Å². The highest BCUT2D eigenvalue weighted by atomic mass is 16.5. The second-order valence-electron chi connectivity index (χ2n) is 7.50. The van der Waals surface area contributed by atoms with Crippen LogP contribution in [0.3, 0.4) is 0 Å². The highest BCUT2D eigenvalue weighted by Gasteiger charge is 2.47. The minimum atomic E-state index is -0.984. The van der Waals surface area contributed by atoms with E-state index in [0.29, 0.717) is 17.0 Å². The van der Waals surface area contributed by atoms with Gasteiger partial charge in [-0.15, -0.1) is 0 Å². The van der Waals surface area contributed by atoms with E-state index in [2.05, 4.69) is 0 Å². The summed E-state index contributed by atoms with van der Waals surface area (Å²) in [5.74, 6) is -1.06. The zero-order chi connectivity index (χ0) is 24.4. The smallest absolute Gasteiger partial charge is 0.300 e. The molecule has 0 aliphatic carbocycles. The van der Waals surface area contributed by atoms with Gasteiger partial charge in [-0.2, -0.15) is 0 Å². The van der Waals surface area contributed by atoms with Gasteiger partial charge in [0.25, 0.3) is 11.7 Å². The number of rotatable bonds is 6. The molecule has 0 saturated carbocycles. The zero-order valence-corrected chi connectivity index (χ0v) is 18.8. The molecule has 1 amide bonds. The van der Waals surface area contributed by atoms with Crippen molar-refractivity contribution in [3.8, 4) is 23.0 Å². The second kappa shape index (κ2) is 9.19. The molecule has 4 rings (SSSR count). The van der Waals surface area contributed by atoms with Crippen molar-refractivity contribution in [2.75, 3.05) is 26.2 Å². The molecule has 0 bridgehead atoms. The molecule has 3 aromatic rings. The van der Waals surface area contributed by atoms with Gasteiger partial charge in [0.1, 0.15) is 34.3 Å². The SMILES string of the molecule is COc1cccc(N2C(=O)C(=O)/C(=C(/O)c3c(OC)cccc3OC)C2c2ccc(O)cc2)c1. The number of methoxy groups -OCH3 is 3. The van der Waals surface area contributed by atoms with Gasteiger partial charge in [0.2, 0.25) is 0 Å². The van der Waals surface area contributed by atoms with Gasteiger partial charge in [0.05, 0.1) is 32.9 Å². The molecule has 0 aromatic heterocycles. The van der Waals surface area contributed by atoms with Crippen molar-refractivity contribution < 1.29 is 34.0 Å². The average Bonchev–Trinajstić information content (AvgIpc) is 3.13. The van der Waals surface area contributed by atoms with E-state index in [-0.39, 0.29) is 28.4 Å². The number of amides is 1. The zero-order valence-electron chi connectivity index (χ0n) is 18.8. The van der Waals surface area contributed by atoms with Gasteiger partial charge in [-0.1, -0.05) is 24.3 Å². The summed E-state index contributed by atoms with van der Waals surface area (Å²) in [5.41, 5.74) is 0.932. The molecular weight excluding hydrogens is 438 g/mol. The molecule has 1 aliphatic rings. The molecule has 174 valence electrons. The Bertz CT molecular complexity index is 1260. The van der Waals surface area contributed by atoms with Crippen LogP contribution in [0, 0.1) is 0 Å². The maximum Gasteiger partial charge on any atom is 0.300 e. The molecule has 8 nitrogen and oxygen atoms in total. The van der Waals surface area contributed by atoms with Gasteiger partial charge in [0, 0.05) is 11.8 Å². The fourth-order valence-corrected chi connectivity index (χ4v) is 4.05. The Morgan fingerprint density at radius 2 is 1.47 bits per heavy atom. The van der Waals surface area contributed by atoms with Crippen LogP contribution in [-0.2, 0) is 9.59 Å². The first kappa shape index (κ1) is 22.7. The van der Waals surface area contributed by atoms with Crippen LogP contribution in [0.4, 0.5) is 5.69 Å². The maximum atomic E-state index is 13.3. The van der Waals surface area contributed by atoms with E-state index in [4.69, 9.17) is 14.2 Å². The normalized spacial score (nSPS) is 17.0. The first-order valence-electron chi connectivity index (χ1n) is 10.4. The fourth-order valence-electron chi connectivity index (χ4n) is 4.05. The minimum absolute atomic E-state index is 0.0217. The lowest BCUT2D eigenvalue weighted by Gasteiger charge is -2.26. The molecule has 34 heavy (non-hydrogen) atoms. The van der Waals surface area contributed by atoms with Crippen molar-refractivity contribution in [3.63, 3.8) is 0 Å². The molecule has 1 unspecified atom stereocenters. The number of nitrogens with zero attached hydrogens (tertiary/aromatic N) is 1. The van der Waals surface area contributed by atoms with E-state index in [1.165, 1.54) is 38.4 Å². The van der Waals surface area contributed by atoms with Gasteiger partial charge >= 0.3 is 0 Å². The summed E-state index contributed by atoms with van der Waals surface area (Å²) in [6.07, 6.45) is 0. The van der Waals surface area contributed by atoms with Crippen LogP contribution in [0.25, 0.3) is 5.76 Å². The number of aliphatic hydroxyl groups excluding tert-OH is 1. The number of carbonyl (C=O) groups is 2. The Kier molecular flexibility index (Phi) is 6.14. The van der Waals surface area contributed by atoms with E-state index in [0.717, 1.165) is 0 Å². The monoisotopic (exact) mass is 461 g/mol. The number of aromatic hydroxyl groups is 1. The molecule has 3 aromatic carbocycles. The summed E-state index contributed by atoms with van der Waals surface area (Å²) >= 11 is 0. The standard InChI is InChI=1S/C26H23NO7/c1-32-18-7-4-6-16(14-18)27-23(15-10-12-17(28)13-11-15)22(25(30)26(27)31)24(29)21-19(33-2)8-5-9-20(21)34-3/h4-14,23,28-29H,1-3H3/b24-22+. The molecule has 1 saturated heterocycles. The van der Waals surface area contributed by atoms with Gasteiger partial charge in [-0.05, 0) is 42.0 Å². The molecule has 0 spiro atoms. The molecule has 0 radical (unpaired) electrons. The van der Waals surface area contributed by atoms with Crippen molar-refractivity contribution in [2.24, 2.45) is 0 Å². The summed E-state index contributed by atoms with van der Waals surface area (Å²) in [4.78, 5) is 27.9. The van der Waals surface area contributed by atoms with Gasteiger partial charge in [0.15, 0.2) is 0 Å². The first-order valence-corrected chi connectivity index (χ1v) is 10.4. The molecule has 1 aliphatic heterocycles. The number of hydrogen-bond donors (Lipinski definition) is 2. The number of hydrogen-bond acceptors (Lipinski definition) is 7. The van der Waals surface area contributed by atoms with E-state index in [1.54, 1.807) is 54.6 Å². The number of aliphatic hydroxyl groups is 1. The summed E-state index contributed by atoms with van der Waals surface area (Å²) in [7, 11) is 4.36. The Morgan fingerprint density at radius 1 is 0.853 bits per heavy atom. The fraction of sp³-hybridized carbons (Fsp3) is 0.154. The molecule has 8 heteroatoms. The number of ether oxygens (including phenoxy) is 3. The van der Waals surface area contributed by atoms with E-state index < -0.39 is 23.5 Å². The van der Waals surface area contributed by atoms with Gasteiger partial charge in [-0.25, -0.2) is 0 Å². The van der Waals surface area contributed by atoms with E-state index in [9.17, 15) is 19.8 Å². The van der Waals surface area contributed by atoms with Crippen molar-refractivity contribution in [3.05, 3.63) is 83.4 Å². The van der Waals surface area contributed by atoms with Crippen LogP contribution in [0.1, 0.15) is 17.2 Å². The Labute approximate surface area is 196 Å². The largest absolute Gasteiger partial charge is 0.508 e. The number of anilines is 1. The summed E-state index contributed by atoms with van der Waals surface area (Å²) in [6, 6.07) is 16.7. The molecule has 1 atom stereocenters. The van der Waals surface area contributed by atoms with Crippen LogP contribution >= 0.6 is 0 Å². The number of carbonyl (C=O) groups excluding carboxylic acids is 2. The van der Waals surface area contributed by atoms with Gasteiger partial charge < -0.3 is 24.4 Å². The van der Waals surface area contributed by atoms with Crippen LogP contribution in [0.2, 0.25) is 0 Å². The first-order chi connectivity index (χ1) is 16.4. The van der Waals surface area contributed by atoms with Crippen LogP contribution in [0.5, 0.6) is 23.0 Å². The topological polar surface area (TPSA) is 106 Å². The highest BCUT2D eigenvalue weighted by molar-refractivity contribution is 6.51. The number of ketones is 1. The second-order valence-corrected chi connectivity index (χ2v) is 7.50. The number of phenols is 1.